The van der Waals surface area contributed by atoms with Crippen molar-refractivity contribution in [3.05, 3.63) is 29.0 Å². The molecular weight excluding hydrogens is 265 g/mol. The third kappa shape index (κ3) is 4.31. The second kappa shape index (κ2) is 6.32. The van der Waals surface area contributed by atoms with Gasteiger partial charge in [-0.2, -0.15) is 0 Å². The standard InChI is InChI=1S/C11H11ClFNO4/c1-6(11(16)17)18-5-10(15)14-9-3-2-7(12)4-8(9)13/h2-4,6H,5H2,1H3,(H,14,15)(H,16,17)/t6-/m0/s1. The Kier molecular flexibility index (Phi) is 5.06. The molecule has 1 amide bonds. The molecule has 0 radical (unpaired) electrons. The van der Waals surface area contributed by atoms with Crippen LogP contribution in [0, 0.1) is 5.82 Å². The number of aliphatic carboxylic acids is 1. The average Bonchev–Trinajstić information content (AvgIpc) is 2.29. The van der Waals surface area contributed by atoms with E-state index in [0.717, 1.165) is 6.07 Å². The molecule has 18 heavy (non-hydrogen) atoms. The summed E-state index contributed by atoms with van der Waals surface area (Å²) in [4.78, 5) is 21.8. The van der Waals surface area contributed by atoms with Gasteiger partial charge in [0, 0.05) is 5.02 Å². The molecule has 0 fully saturated rings. The third-order valence-corrected chi connectivity index (χ3v) is 2.25. The van der Waals surface area contributed by atoms with Crippen molar-refractivity contribution in [2.45, 2.75) is 13.0 Å². The number of halogens is 2. The van der Waals surface area contributed by atoms with Gasteiger partial charge in [-0.25, -0.2) is 9.18 Å². The fourth-order valence-corrected chi connectivity index (χ4v) is 1.21. The number of hydrogen-bond donors (Lipinski definition) is 2. The summed E-state index contributed by atoms with van der Waals surface area (Å²) in [6, 6.07) is 3.77. The normalized spacial score (nSPS) is 11.9. The Hall–Kier alpha value is -1.66. The highest BCUT2D eigenvalue weighted by Crippen LogP contribution is 2.18. The lowest BCUT2D eigenvalue weighted by molar-refractivity contribution is -0.150. The van der Waals surface area contributed by atoms with E-state index in [1.54, 1.807) is 0 Å². The number of carboxylic acid groups (broad SMARTS) is 1. The van der Waals surface area contributed by atoms with E-state index in [0.29, 0.717) is 0 Å². The number of nitrogens with one attached hydrogen (secondary N) is 1. The monoisotopic (exact) mass is 275 g/mol. The number of carboxylic acids is 1. The minimum absolute atomic E-state index is 0.0454. The Balaban J connectivity index is 2.52. The maximum absolute atomic E-state index is 13.3. The Morgan fingerprint density at radius 2 is 2.22 bits per heavy atom. The molecule has 0 heterocycles. The van der Waals surface area contributed by atoms with E-state index in [1.165, 1.54) is 19.1 Å². The summed E-state index contributed by atoms with van der Waals surface area (Å²) >= 11 is 5.55. The van der Waals surface area contributed by atoms with Gasteiger partial charge in [0.2, 0.25) is 5.91 Å². The molecule has 0 aliphatic carbocycles. The summed E-state index contributed by atoms with van der Waals surface area (Å²) < 4.78 is 18.0. The van der Waals surface area contributed by atoms with Crippen LogP contribution in [0.2, 0.25) is 5.02 Å². The summed E-state index contributed by atoms with van der Waals surface area (Å²) in [6.07, 6.45) is -1.11. The van der Waals surface area contributed by atoms with Crippen LogP contribution >= 0.6 is 11.6 Å². The quantitative estimate of drug-likeness (QED) is 0.861. The predicted octanol–water partition coefficient (Wildman–Crippen LogP) is 1.91. The molecule has 0 spiro atoms. The van der Waals surface area contributed by atoms with Crippen LogP contribution in [0.15, 0.2) is 18.2 Å². The Morgan fingerprint density at radius 3 is 2.78 bits per heavy atom. The Labute approximate surface area is 108 Å². The van der Waals surface area contributed by atoms with Crippen molar-refractivity contribution < 1.29 is 23.8 Å². The van der Waals surface area contributed by atoms with Crippen molar-refractivity contribution in [2.75, 3.05) is 11.9 Å². The van der Waals surface area contributed by atoms with Crippen molar-refractivity contribution in [3.63, 3.8) is 0 Å². The van der Waals surface area contributed by atoms with Gasteiger partial charge in [0.1, 0.15) is 12.4 Å². The lowest BCUT2D eigenvalue weighted by Crippen LogP contribution is -2.26. The highest BCUT2D eigenvalue weighted by molar-refractivity contribution is 6.30. The van der Waals surface area contributed by atoms with Crippen LogP contribution in [0.25, 0.3) is 0 Å². The molecule has 1 aromatic rings. The topological polar surface area (TPSA) is 75.6 Å². The van der Waals surface area contributed by atoms with Crippen LogP contribution in [0.3, 0.4) is 0 Å². The highest BCUT2D eigenvalue weighted by atomic mass is 35.5. The van der Waals surface area contributed by atoms with Gasteiger partial charge in [-0.05, 0) is 25.1 Å². The average molecular weight is 276 g/mol. The van der Waals surface area contributed by atoms with E-state index < -0.39 is 30.4 Å². The zero-order chi connectivity index (χ0) is 13.7. The van der Waals surface area contributed by atoms with Crippen LogP contribution in [0.4, 0.5) is 10.1 Å². The minimum atomic E-state index is -1.18. The van der Waals surface area contributed by atoms with E-state index in [1.807, 2.05) is 0 Å². The number of anilines is 1. The Bertz CT molecular complexity index is 466. The first-order valence-electron chi connectivity index (χ1n) is 4.99. The predicted molar refractivity (Wildman–Crippen MR) is 63.1 cm³/mol. The van der Waals surface area contributed by atoms with Gasteiger partial charge < -0.3 is 15.2 Å². The number of carbonyl (C=O) groups is 2. The summed E-state index contributed by atoms with van der Waals surface area (Å²) in [7, 11) is 0. The summed E-state index contributed by atoms with van der Waals surface area (Å²) in [5.41, 5.74) is -0.0454. The van der Waals surface area contributed by atoms with Crippen molar-refractivity contribution in [3.8, 4) is 0 Å². The van der Waals surface area contributed by atoms with Gasteiger partial charge in [0.15, 0.2) is 6.10 Å². The fraction of sp³-hybridized carbons (Fsp3) is 0.273. The van der Waals surface area contributed by atoms with Gasteiger partial charge in [0.05, 0.1) is 5.69 Å². The largest absolute Gasteiger partial charge is 0.479 e. The molecule has 1 aromatic carbocycles. The summed E-state index contributed by atoms with van der Waals surface area (Å²) in [5, 5.41) is 11.0. The number of amides is 1. The zero-order valence-electron chi connectivity index (χ0n) is 9.44. The molecule has 0 aliphatic heterocycles. The molecular formula is C11H11ClFNO4. The molecule has 0 aromatic heterocycles. The zero-order valence-corrected chi connectivity index (χ0v) is 10.2. The van der Waals surface area contributed by atoms with Gasteiger partial charge in [-0.3, -0.25) is 4.79 Å². The smallest absolute Gasteiger partial charge is 0.332 e. The minimum Gasteiger partial charge on any atom is -0.479 e. The number of ether oxygens (including phenoxy) is 1. The number of benzene rings is 1. The van der Waals surface area contributed by atoms with Gasteiger partial charge in [-0.1, -0.05) is 11.6 Å². The lowest BCUT2D eigenvalue weighted by atomic mass is 10.3. The van der Waals surface area contributed by atoms with Gasteiger partial charge >= 0.3 is 5.97 Å². The Morgan fingerprint density at radius 1 is 1.56 bits per heavy atom. The van der Waals surface area contributed by atoms with E-state index >= 15 is 0 Å². The van der Waals surface area contributed by atoms with Crippen LogP contribution < -0.4 is 5.32 Å². The molecule has 98 valence electrons. The van der Waals surface area contributed by atoms with Gasteiger partial charge in [0.25, 0.3) is 0 Å². The van der Waals surface area contributed by atoms with Crippen molar-refractivity contribution in [1.29, 1.82) is 0 Å². The molecule has 1 rings (SSSR count). The molecule has 5 nitrogen and oxygen atoms in total. The lowest BCUT2D eigenvalue weighted by Gasteiger charge is -2.09. The van der Waals surface area contributed by atoms with Crippen LogP contribution in [-0.2, 0) is 14.3 Å². The van der Waals surface area contributed by atoms with Crippen LogP contribution in [0.1, 0.15) is 6.92 Å². The number of hydrogen-bond acceptors (Lipinski definition) is 3. The molecule has 0 bridgehead atoms. The first-order chi connectivity index (χ1) is 8.40. The highest BCUT2D eigenvalue weighted by Gasteiger charge is 2.14. The maximum Gasteiger partial charge on any atom is 0.332 e. The van der Waals surface area contributed by atoms with Gasteiger partial charge in [-0.15, -0.1) is 0 Å². The summed E-state index contributed by atoms with van der Waals surface area (Å²) in [5.74, 6) is -2.51. The first-order valence-corrected chi connectivity index (χ1v) is 5.37. The molecule has 2 N–H and O–H groups in total. The fourth-order valence-electron chi connectivity index (χ4n) is 1.05. The maximum atomic E-state index is 13.3. The van der Waals surface area contributed by atoms with Crippen LogP contribution in [0.5, 0.6) is 0 Å². The number of rotatable bonds is 5. The second-order valence-electron chi connectivity index (χ2n) is 3.46. The van der Waals surface area contributed by atoms with Crippen molar-refractivity contribution >= 4 is 29.2 Å². The third-order valence-electron chi connectivity index (χ3n) is 2.02. The molecule has 0 saturated heterocycles. The second-order valence-corrected chi connectivity index (χ2v) is 3.90. The molecule has 0 aliphatic rings. The van der Waals surface area contributed by atoms with E-state index in [4.69, 9.17) is 21.4 Å². The molecule has 0 saturated carbocycles. The molecule has 0 unspecified atom stereocenters. The first kappa shape index (κ1) is 14.4. The van der Waals surface area contributed by atoms with E-state index in [9.17, 15) is 14.0 Å². The molecule has 1 atom stereocenters. The SMILES string of the molecule is C[C@H](OCC(=O)Nc1ccc(Cl)cc1F)C(=O)O. The van der Waals surface area contributed by atoms with Crippen LogP contribution in [-0.4, -0.2) is 29.7 Å². The van der Waals surface area contributed by atoms with E-state index in [-0.39, 0.29) is 10.7 Å². The van der Waals surface area contributed by atoms with E-state index in [2.05, 4.69) is 5.32 Å². The number of carbonyl (C=O) groups excluding carboxylic acids is 1. The molecule has 7 heteroatoms. The van der Waals surface area contributed by atoms with Crippen molar-refractivity contribution in [2.24, 2.45) is 0 Å². The summed E-state index contributed by atoms with van der Waals surface area (Å²) in [6.45, 7) is 0.814. The van der Waals surface area contributed by atoms with Crippen molar-refractivity contribution in [1.82, 2.24) is 0 Å².